The number of hydrogen-bond donors (Lipinski definition) is 1. The Bertz CT molecular complexity index is 779. The van der Waals surface area contributed by atoms with Gasteiger partial charge in [0.25, 0.3) is 0 Å². The average molecular weight is 422 g/mol. The highest BCUT2D eigenvalue weighted by molar-refractivity contribution is 9.10. The molecule has 0 amide bonds. The van der Waals surface area contributed by atoms with Gasteiger partial charge in [-0.2, -0.15) is 0 Å². The minimum absolute atomic E-state index is 0.134. The van der Waals surface area contributed by atoms with Crippen molar-refractivity contribution in [3.8, 4) is 0 Å². The van der Waals surface area contributed by atoms with Crippen molar-refractivity contribution in [2.75, 3.05) is 37.4 Å². The van der Waals surface area contributed by atoms with E-state index >= 15 is 0 Å². The van der Waals surface area contributed by atoms with Crippen LogP contribution in [0, 0.1) is 10.1 Å². The zero-order valence-electron chi connectivity index (χ0n) is 14.6. The fraction of sp³-hybridized carbons (Fsp3) is 0.438. The molecule has 2 aromatic rings. The van der Waals surface area contributed by atoms with Crippen molar-refractivity contribution in [3.05, 3.63) is 39.2 Å². The molecule has 3 rings (SSSR count). The number of nitrogens with zero attached hydrogens (tertiary/aromatic N) is 6. The van der Waals surface area contributed by atoms with Crippen LogP contribution < -0.4 is 10.2 Å². The number of likely N-dealkylation sites (tertiary alicyclic amines) is 1. The van der Waals surface area contributed by atoms with Crippen LogP contribution in [-0.4, -0.2) is 58.0 Å². The van der Waals surface area contributed by atoms with E-state index in [1.165, 1.54) is 6.33 Å². The Morgan fingerprint density at radius 1 is 1.31 bits per heavy atom. The molecule has 2 aromatic heterocycles. The summed E-state index contributed by atoms with van der Waals surface area (Å²) >= 11 is 3.31. The third-order valence-electron chi connectivity index (χ3n) is 4.53. The zero-order valence-corrected chi connectivity index (χ0v) is 16.2. The Labute approximate surface area is 159 Å². The summed E-state index contributed by atoms with van der Waals surface area (Å²) in [5.74, 6) is 0.927. The Kier molecular flexibility index (Phi) is 5.62. The number of hydrogen-bond acceptors (Lipinski definition) is 8. The molecular weight excluding hydrogens is 402 g/mol. The maximum absolute atomic E-state index is 11.7. The molecule has 0 saturated carbocycles. The molecule has 0 bridgehead atoms. The molecule has 1 aliphatic heterocycles. The molecule has 0 unspecified atom stereocenters. The summed E-state index contributed by atoms with van der Waals surface area (Å²) in [5, 5.41) is 14.7. The van der Waals surface area contributed by atoms with Gasteiger partial charge in [-0.25, -0.2) is 15.0 Å². The van der Waals surface area contributed by atoms with Crippen LogP contribution in [0.4, 0.5) is 23.1 Å². The van der Waals surface area contributed by atoms with Gasteiger partial charge in [0.1, 0.15) is 12.1 Å². The van der Waals surface area contributed by atoms with E-state index in [1.54, 1.807) is 18.3 Å². The first kappa shape index (κ1) is 18.5. The minimum atomic E-state index is -0.442. The lowest BCUT2D eigenvalue weighted by Gasteiger charge is -2.35. The van der Waals surface area contributed by atoms with Gasteiger partial charge in [-0.05, 0) is 61.0 Å². The van der Waals surface area contributed by atoms with Crippen LogP contribution in [0.5, 0.6) is 0 Å². The highest BCUT2D eigenvalue weighted by atomic mass is 79.9. The standard InChI is InChI=1S/C16H20BrN7O2/c1-22-7-5-12(6-8-22)23(2)16-14(24(25)26)15(19-10-20-16)21-13-4-3-11(17)9-18-13/h3-4,9-10,12H,5-8H2,1-2H3,(H,18,19,20,21). The molecule has 1 aliphatic rings. The van der Waals surface area contributed by atoms with Crippen LogP contribution >= 0.6 is 15.9 Å². The van der Waals surface area contributed by atoms with Crippen molar-refractivity contribution in [1.82, 2.24) is 19.9 Å². The van der Waals surface area contributed by atoms with E-state index in [0.29, 0.717) is 11.6 Å². The molecule has 0 spiro atoms. The summed E-state index contributed by atoms with van der Waals surface area (Å²) in [5.41, 5.74) is -0.140. The Morgan fingerprint density at radius 2 is 2.04 bits per heavy atom. The fourth-order valence-corrected chi connectivity index (χ4v) is 3.25. The number of piperidine rings is 1. The Balaban J connectivity index is 1.90. The highest BCUT2D eigenvalue weighted by Gasteiger charge is 2.30. The van der Waals surface area contributed by atoms with Crippen LogP contribution in [0.25, 0.3) is 0 Å². The first-order valence-corrected chi connectivity index (χ1v) is 9.04. The predicted molar refractivity (Wildman–Crippen MR) is 103 cm³/mol. The molecule has 26 heavy (non-hydrogen) atoms. The lowest BCUT2D eigenvalue weighted by molar-refractivity contribution is -0.383. The number of nitrogens with one attached hydrogen (secondary N) is 1. The van der Waals surface area contributed by atoms with Gasteiger partial charge >= 0.3 is 5.69 Å². The Hall–Kier alpha value is -2.33. The molecule has 10 heteroatoms. The molecule has 0 aliphatic carbocycles. The topological polar surface area (TPSA) is 100 Å². The number of aromatic nitrogens is 3. The number of halogens is 1. The summed E-state index contributed by atoms with van der Waals surface area (Å²) in [7, 11) is 3.93. The van der Waals surface area contributed by atoms with Crippen molar-refractivity contribution < 1.29 is 4.92 Å². The second-order valence-corrected chi connectivity index (χ2v) is 7.20. The molecule has 138 valence electrons. The van der Waals surface area contributed by atoms with Crippen LogP contribution in [-0.2, 0) is 0 Å². The van der Waals surface area contributed by atoms with E-state index in [0.717, 1.165) is 30.4 Å². The van der Waals surface area contributed by atoms with Gasteiger partial charge in [0.2, 0.25) is 11.6 Å². The number of nitro groups is 1. The number of anilines is 3. The minimum Gasteiger partial charge on any atom is -0.351 e. The van der Waals surface area contributed by atoms with E-state index < -0.39 is 4.92 Å². The van der Waals surface area contributed by atoms with Gasteiger partial charge in [-0.15, -0.1) is 0 Å². The van der Waals surface area contributed by atoms with Gasteiger partial charge in [0.15, 0.2) is 0 Å². The summed E-state index contributed by atoms with van der Waals surface area (Å²) in [6.07, 6.45) is 4.83. The molecule has 1 fully saturated rings. The van der Waals surface area contributed by atoms with Crippen LogP contribution in [0.3, 0.4) is 0 Å². The van der Waals surface area contributed by atoms with E-state index in [9.17, 15) is 10.1 Å². The van der Waals surface area contributed by atoms with Gasteiger partial charge < -0.3 is 15.1 Å². The predicted octanol–water partition coefficient (Wildman–Crippen LogP) is 2.82. The summed E-state index contributed by atoms with van der Waals surface area (Å²) in [6, 6.07) is 3.72. The summed E-state index contributed by atoms with van der Waals surface area (Å²) < 4.78 is 0.822. The highest BCUT2D eigenvalue weighted by Crippen LogP contribution is 2.34. The number of pyridine rings is 1. The molecule has 0 atom stereocenters. The van der Waals surface area contributed by atoms with Gasteiger partial charge in [-0.3, -0.25) is 10.1 Å². The molecule has 3 heterocycles. The van der Waals surface area contributed by atoms with Crippen LogP contribution in [0.2, 0.25) is 0 Å². The van der Waals surface area contributed by atoms with E-state index in [1.807, 2.05) is 11.9 Å². The third-order valence-corrected chi connectivity index (χ3v) is 5.00. The van der Waals surface area contributed by atoms with E-state index in [4.69, 9.17) is 0 Å². The molecule has 9 nitrogen and oxygen atoms in total. The van der Waals surface area contributed by atoms with Crippen LogP contribution in [0.1, 0.15) is 12.8 Å². The van der Waals surface area contributed by atoms with Gasteiger partial charge in [-0.1, -0.05) is 0 Å². The van der Waals surface area contributed by atoms with Gasteiger partial charge in [0.05, 0.1) is 4.92 Å². The summed E-state index contributed by atoms with van der Waals surface area (Å²) in [4.78, 5) is 27.9. The van der Waals surface area contributed by atoms with Crippen molar-refractivity contribution in [2.45, 2.75) is 18.9 Å². The van der Waals surface area contributed by atoms with Crippen molar-refractivity contribution >= 4 is 39.1 Å². The summed E-state index contributed by atoms with van der Waals surface area (Å²) in [6.45, 7) is 1.92. The van der Waals surface area contributed by atoms with Crippen molar-refractivity contribution in [1.29, 1.82) is 0 Å². The lowest BCUT2D eigenvalue weighted by atomic mass is 10.0. The second-order valence-electron chi connectivity index (χ2n) is 6.28. The SMILES string of the molecule is CN1CCC(N(C)c2ncnc(Nc3ccc(Br)cn3)c2[N+](=O)[O-])CC1. The number of rotatable bonds is 5. The molecule has 1 N–H and O–H groups in total. The average Bonchev–Trinajstić information content (AvgIpc) is 2.63. The first-order chi connectivity index (χ1) is 12.5. The smallest absolute Gasteiger partial charge is 0.351 e. The second kappa shape index (κ2) is 7.92. The van der Waals surface area contributed by atoms with Crippen LogP contribution in [0.15, 0.2) is 29.1 Å². The Morgan fingerprint density at radius 3 is 2.65 bits per heavy atom. The maximum atomic E-state index is 11.7. The largest absolute Gasteiger partial charge is 0.353 e. The lowest BCUT2D eigenvalue weighted by Crippen LogP contribution is -2.42. The third kappa shape index (κ3) is 4.07. The van der Waals surface area contributed by atoms with Crippen molar-refractivity contribution in [2.24, 2.45) is 0 Å². The molecular formula is C16H20BrN7O2. The quantitative estimate of drug-likeness (QED) is 0.580. The molecule has 0 radical (unpaired) electrons. The van der Waals surface area contributed by atoms with E-state index in [-0.39, 0.29) is 17.5 Å². The maximum Gasteiger partial charge on any atom is 0.353 e. The normalized spacial score (nSPS) is 15.7. The fourth-order valence-electron chi connectivity index (χ4n) is 3.01. The monoisotopic (exact) mass is 421 g/mol. The van der Waals surface area contributed by atoms with Gasteiger partial charge in [0, 0.05) is 23.8 Å². The molecule has 1 saturated heterocycles. The molecule has 0 aromatic carbocycles. The van der Waals surface area contributed by atoms with E-state index in [2.05, 4.69) is 48.1 Å². The van der Waals surface area contributed by atoms with Crippen molar-refractivity contribution in [3.63, 3.8) is 0 Å². The first-order valence-electron chi connectivity index (χ1n) is 8.25. The zero-order chi connectivity index (χ0) is 18.7.